The van der Waals surface area contributed by atoms with Crippen LogP contribution in [0.4, 0.5) is 0 Å². The predicted molar refractivity (Wildman–Crippen MR) is 43.4 cm³/mol. The zero-order valence-corrected chi connectivity index (χ0v) is 7.16. The van der Waals surface area contributed by atoms with Crippen molar-refractivity contribution in [1.29, 1.82) is 0 Å². The highest BCUT2D eigenvalue weighted by Gasteiger charge is 2.30. The average Bonchev–Trinajstić information content (AvgIpc) is 2.03. The second kappa shape index (κ2) is 3.65. The fourth-order valence-electron chi connectivity index (χ4n) is 1.64. The number of carbonyl (C=O) groups is 1. The highest BCUT2D eigenvalue weighted by atomic mass is 16.6. The van der Waals surface area contributed by atoms with Gasteiger partial charge in [0, 0.05) is 30.6 Å². The van der Waals surface area contributed by atoms with Crippen molar-refractivity contribution in [2.75, 3.05) is 0 Å². The molecule has 1 aliphatic carbocycles. The zero-order valence-electron chi connectivity index (χ0n) is 7.16. The maximum Gasteiger partial charge on any atom is 0.213 e. The molecule has 0 bridgehead atoms. The lowest BCUT2D eigenvalue weighted by molar-refractivity contribution is -0.528. The van der Waals surface area contributed by atoms with Crippen LogP contribution in [0.3, 0.4) is 0 Å². The summed E-state index contributed by atoms with van der Waals surface area (Å²) in [5.41, 5.74) is 0. The molecule has 0 N–H and O–H groups in total. The third-order valence-electron chi connectivity index (χ3n) is 2.54. The van der Waals surface area contributed by atoms with Crippen LogP contribution >= 0.6 is 0 Å². The molecule has 1 aliphatic rings. The van der Waals surface area contributed by atoms with E-state index in [4.69, 9.17) is 0 Å². The third kappa shape index (κ3) is 2.03. The van der Waals surface area contributed by atoms with Crippen LogP contribution in [0.1, 0.15) is 32.6 Å². The predicted octanol–water partition coefficient (Wildman–Crippen LogP) is 1.41. The van der Waals surface area contributed by atoms with E-state index in [2.05, 4.69) is 0 Å². The number of hydrogen-bond acceptors (Lipinski definition) is 3. The maximum atomic E-state index is 11.0. The summed E-state index contributed by atoms with van der Waals surface area (Å²) in [5.74, 6) is 0.154. The molecular weight excluding hydrogens is 158 g/mol. The van der Waals surface area contributed by atoms with Crippen molar-refractivity contribution in [1.82, 2.24) is 0 Å². The topological polar surface area (TPSA) is 60.2 Å². The second-order valence-electron chi connectivity index (χ2n) is 3.42. The van der Waals surface area contributed by atoms with Crippen LogP contribution in [0, 0.1) is 16.0 Å². The minimum Gasteiger partial charge on any atom is -0.300 e. The first-order valence-electron chi connectivity index (χ1n) is 4.26. The number of Topliss-reactive ketones (excluding diaryl/α,β-unsaturated/α-hetero) is 1. The third-order valence-corrected chi connectivity index (χ3v) is 2.54. The summed E-state index contributed by atoms with van der Waals surface area (Å²) in [6.45, 7) is 1.59. The summed E-state index contributed by atoms with van der Waals surface area (Å²) in [6, 6.07) is -0.561. The van der Waals surface area contributed by atoms with Gasteiger partial charge in [-0.3, -0.25) is 14.9 Å². The van der Waals surface area contributed by atoms with Gasteiger partial charge in [-0.05, 0) is 12.8 Å². The molecule has 0 aromatic heterocycles. The molecule has 1 saturated carbocycles. The van der Waals surface area contributed by atoms with E-state index in [1.165, 1.54) is 0 Å². The fourth-order valence-corrected chi connectivity index (χ4v) is 1.64. The van der Waals surface area contributed by atoms with Gasteiger partial charge in [-0.15, -0.1) is 0 Å². The Balaban J connectivity index is 2.51. The molecule has 68 valence electrons. The molecule has 0 spiro atoms. The first kappa shape index (κ1) is 9.16. The van der Waals surface area contributed by atoms with Crippen LogP contribution in [-0.4, -0.2) is 16.7 Å². The molecule has 1 fully saturated rings. The molecule has 0 unspecified atom stereocenters. The SMILES string of the molecule is C[C@@H]([C@@H]1CCCC(=O)C1)[N+](=O)[O-]. The highest BCUT2D eigenvalue weighted by molar-refractivity contribution is 5.79. The van der Waals surface area contributed by atoms with Gasteiger partial charge in [0.1, 0.15) is 5.78 Å². The molecule has 4 heteroatoms. The van der Waals surface area contributed by atoms with Crippen LogP contribution < -0.4 is 0 Å². The normalized spacial score (nSPS) is 26.8. The van der Waals surface area contributed by atoms with Gasteiger partial charge in [0.2, 0.25) is 6.04 Å². The number of nitro groups is 1. The Morgan fingerprint density at radius 3 is 2.83 bits per heavy atom. The highest BCUT2D eigenvalue weighted by Crippen LogP contribution is 2.25. The van der Waals surface area contributed by atoms with E-state index >= 15 is 0 Å². The Bertz CT molecular complexity index is 200. The Kier molecular flexibility index (Phi) is 2.78. The number of rotatable bonds is 2. The van der Waals surface area contributed by atoms with E-state index in [1.807, 2.05) is 0 Å². The maximum absolute atomic E-state index is 11.0. The van der Waals surface area contributed by atoms with Gasteiger partial charge >= 0.3 is 0 Å². The van der Waals surface area contributed by atoms with E-state index in [-0.39, 0.29) is 16.6 Å². The van der Waals surface area contributed by atoms with E-state index in [0.29, 0.717) is 12.8 Å². The average molecular weight is 171 g/mol. The monoisotopic (exact) mass is 171 g/mol. The van der Waals surface area contributed by atoms with Crippen LogP contribution in [0.25, 0.3) is 0 Å². The minimum absolute atomic E-state index is 0.0266. The quantitative estimate of drug-likeness (QED) is 0.466. The van der Waals surface area contributed by atoms with Gasteiger partial charge < -0.3 is 0 Å². The molecule has 0 radical (unpaired) electrons. The smallest absolute Gasteiger partial charge is 0.213 e. The Morgan fingerprint density at radius 2 is 2.33 bits per heavy atom. The lowest BCUT2D eigenvalue weighted by atomic mass is 9.84. The van der Waals surface area contributed by atoms with Crippen molar-refractivity contribution in [2.45, 2.75) is 38.6 Å². The molecule has 2 atom stereocenters. The van der Waals surface area contributed by atoms with E-state index in [9.17, 15) is 14.9 Å². The molecule has 0 aromatic rings. The number of carbonyl (C=O) groups excluding carboxylic acids is 1. The summed E-state index contributed by atoms with van der Waals surface area (Å²) in [7, 11) is 0. The van der Waals surface area contributed by atoms with Gasteiger partial charge in [-0.1, -0.05) is 0 Å². The summed E-state index contributed by atoms with van der Waals surface area (Å²) < 4.78 is 0. The van der Waals surface area contributed by atoms with Crippen LogP contribution in [0.2, 0.25) is 0 Å². The van der Waals surface area contributed by atoms with Crippen molar-refractivity contribution >= 4 is 5.78 Å². The number of nitrogens with zero attached hydrogens (tertiary/aromatic N) is 1. The molecule has 0 aliphatic heterocycles. The Labute approximate surface area is 71.1 Å². The molecular formula is C8H13NO3. The molecule has 1 rings (SSSR count). The molecule has 0 saturated heterocycles. The van der Waals surface area contributed by atoms with Gasteiger partial charge in [0.05, 0.1) is 0 Å². The molecule has 0 heterocycles. The minimum atomic E-state index is -0.561. The first-order valence-corrected chi connectivity index (χ1v) is 4.26. The Hall–Kier alpha value is -0.930. The van der Waals surface area contributed by atoms with Gasteiger partial charge in [0.25, 0.3) is 0 Å². The summed E-state index contributed by atoms with van der Waals surface area (Å²) in [5, 5.41) is 10.4. The lowest BCUT2D eigenvalue weighted by Crippen LogP contribution is -2.30. The van der Waals surface area contributed by atoms with Gasteiger partial charge in [0.15, 0.2) is 0 Å². The summed E-state index contributed by atoms with van der Waals surface area (Å²) >= 11 is 0. The van der Waals surface area contributed by atoms with Crippen molar-refractivity contribution in [3.63, 3.8) is 0 Å². The number of ketones is 1. The summed E-state index contributed by atoms with van der Waals surface area (Å²) in [6.07, 6.45) is 2.67. The van der Waals surface area contributed by atoms with E-state index in [1.54, 1.807) is 6.92 Å². The van der Waals surface area contributed by atoms with Crippen LogP contribution in [0.15, 0.2) is 0 Å². The lowest BCUT2D eigenvalue weighted by Gasteiger charge is -2.21. The zero-order chi connectivity index (χ0) is 9.14. The van der Waals surface area contributed by atoms with Gasteiger partial charge in [-0.25, -0.2) is 0 Å². The van der Waals surface area contributed by atoms with E-state index in [0.717, 1.165) is 12.8 Å². The van der Waals surface area contributed by atoms with Crippen molar-refractivity contribution in [3.8, 4) is 0 Å². The largest absolute Gasteiger partial charge is 0.300 e. The number of hydrogen-bond donors (Lipinski definition) is 0. The van der Waals surface area contributed by atoms with Crippen molar-refractivity contribution in [2.24, 2.45) is 5.92 Å². The summed E-state index contributed by atoms with van der Waals surface area (Å²) in [4.78, 5) is 21.1. The van der Waals surface area contributed by atoms with Crippen LogP contribution in [0.5, 0.6) is 0 Å². The van der Waals surface area contributed by atoms with Gasteiger partial charge in [-0.2, -0.15) is 0 Å². The standard InChI is InChI=1S/C8H13NO3/c1-6(9(11)12)7-3-2-4-8(10)5-7/h6-7H,2-5H2,1H3/t6-,7+/m0/s1. The Morgan fingerprint density at radius 1 is 1.67 bits per heavy atom. The second-order valence-corrected chi connectivity index (χ2v) is 3.42. The fraction of sp³-hybridized carbons (Fsp3) is 0.875. The molecule has 0 amide bonds. The molecule has 12 heavy (non-hydrogen) atoms. The van der Waals surface area contributed by atoms with Crippen molar-refractivity contribution < 1.29 is 9.72 Å². The van der Waals surface area contributed by atoms with Crippen LogP contribution in [-0.2, 0) is 4.79 Å². The first-order chi connectivity index (χ1) is 5.61. The van der Waals surface area contributed by atoms with Crippen molar-refractivity contribution in [3.05, 3.63) is 10.1 Å². The van der Waals surface area contributed by atoms with E-state index < -0.39 is 6.04 Å². The molecule has 0 aromatic carbocycles. The molecule has 4 nitrogen and oxygen atoms in total.